The first-order valence-corrected chi connectivity index (χ1v) is 15.5. The van der Waals surface area contributed by atoms with Crippen LogP contribution in [0.5, 0.6) is 0 Å². The van der Waals surface area contributed by atoms with E-state index >= 15 is 0 Å². The number of hydrogen-bond donors (Lipinski definition) is 0. The summed E-state index contributed by atoms with van der Waals surface area (Å²) in [5.41, 5.74) is 13.3. The molecule has 1 aliphatic rings. The largest absolute Gasteiger partial charge is 0.456 e. The lowest BCUT2D eigenvalue weighted by Gasteiger charge is -2.48. The monoisotopic (exact) mass is 567 g/mol. The van der Waals surface area contributed by atoms with E-state index < -0.39 is 0 Å². The molecule has 0 fully saturated rings. The summed E-state index contributed by atoms with van der Waals surface area (Å²) in [4.78, 5) is 0. The maximum Gasteiger partial charge on any atom is 0.135 e. The van der Waals surface area contributed by atoms with E-state index in [1.807, 2.05) is 0 Å². The van der Waals surface area contributed by atoms with Gasteiger partial charge in [-0.3, -0.25) is 0 Å². The molecule has 0 aliphatic heterocycles. The molecule has 212 valence electrons. The number of fused-ring (bicyclic) bond motifs is 9. The van der Waals surface area contributed by atoms with Crippen LogP contribution in [-0.4, -0.2) is 4.57 Å². The van der Waals surface area contributed by atoms with E-state index in [0.29, 0.717) is 0 Å². The lowest BCUT2D eigenvalue weighted by Crippen LogP contribution is -2.43. The number of aromatic nitrogens is 1. The molecule has 0 amide bonds. The van der Waals surface area contributed by atoms with Crippen molar-refractivity contribution in [2.75, 3.05) is 0 Å². The molecule has 0 bridgehead atoms. The third-order valence-electron chi connectivity index (χ3n) is 10.8. The van der Waals surface area contributed by atoms with Crippen molar-refractivity contribution in [3.8, 4) is 27.9 Å². The molecule has 1 aliphatic carbocycles. The van der Waals surface area contributed by atoms with Gasteiger partial charge in [0.25, 0.3) is 0 Å². The molecule has 6 aromatic carbocycles. The van der Waals surface area contributed by atoms with Crippen LogP contribution in [0.25, 0.3) is 71.7 Å². The smallest absolute Gasteiger partial charge is 0.135 e. The van der Waals surface area contributed by atoms with Crippen LogP contribution in [-0.2, 0) is 10.8 Å². The molecule has 2 nitrogen and oxygen atoms in total. The number of benzene rings is 6. The van der Waals surface area contributed by atoms with Crippen LogP contribution in [0.4, 0.5) is 0 Å². The predicted molar refractivity (Wildman–Crippen MR) is 185 cm³/mol. The second-order valence-corrected chi connectivity index (χ2v) is 13.4. The minimum atomic E-state index is -0.0485. The maximum atomic E-state index is 6.51. The van der Waals surface area contributed by atoms with Gasteiger partial charge in [0.1, 0.15) is 11.2 Å². The topological polar surface area (TPSA) is 18.1 Å². The highest BCUT2D eigenvalue weighted by Crippen LogP contribution is 2.55. The van der Waals surface area contributed by atoms with Gasteiger partial charge in [0.2, 0.25) is 0 Å². The minimum absolute atomic E-state index is 0.00511. The predicted octanol–water partition coefficient (Wildman–Crippen LogP) is 11.6. The van der Waals surface area contributed by atoms with Gasteiger partial charge in [-0.2, -0.15) is 0 Å². The zero-order valence-corrected chi connectivity index (χ0v) is 25.5. The molecule has 9 rings (SSSR count). The Kier molecular flexibility index (Phi) is 5.05. The molecule has 2 heterocycles. The number of para-hydroxylation sites is 2. The van der Waals surface area contributed by atoms with Crippen molar-refractivity contribution < 1.29 is 4.42 Å². The zero-order chi connectivity index (χ0) is 29.8. The summed E-state index contributed by atoms with van der Waals surface area (Å²) in [6, 6.07) is 46.5. The van der Waals surface area contributed by atoms with Gasteiger partial charge in [-0.05, 0) is 92.7 Å². The Bertz CT molecular complexity index is 2380. The minimum Gasteiger partial charge on any atom is -0.456 e. The zero-order valence-electron chi connectivity index (χ0n) is 25.5. The SMILES string of the molecule is CC1(C)c2ccccc2-c2cc3c(cc2C1(C)C)oc1ccc(-c2ccc(-n4c5ccccc5c5ccccc54)cc2)cc13. The van der Waals surface area contributed by atoms with Crippen molar-refractivity contribution in [2.24, 2.45) is 0 Å². The van der Waals surface area contributed by atoms with Crippen LogP contribution in [0.3, 0.4) is 0 Å². The first kappa shape index (κ1) is 25.4. The van der Waals surface area contributed by atoms with Crippen LogP contribution in [0.2, 0.25) is 0 Å². The number of nitrogens with zero attached hydrogens (tertiary/aromatic N) is 1. The van der Waals surface area contributed by atoms with Crippen molar-refractivity contribution in [3.05, 3.63) is 139 Å². The molecule has 0 N–H and O–H groups in total. The van der Waals surface area contributed by atoms with Crippen molar-refractivity contribution >= 4 is 43.7 Å². The average Bonchev–Trinajstić information content (AvgIpc) is 3.58. The number of furan rings is 1. The van der Waals surface area contributed by atoms with Crippen LogP contribution in [0.1, 0.15) is 38.8 Å². The van der Waals surface area contributed by atoms with Crippen LogP contribution >= 0.6 is 0 Å². The Morgan fingerprint density at radius 3 is 1.77 bits per heavy atom. The molecule has 44 heavy (non-hydrogen) atoms. The highest BCUT2D eigenvalue weighted by atomic mass is 16.3. The third kappa shape index (κ3) is 3.31. The quantitative estimate of drug-likeness (QED) is 0.203. The van der Waals surface area contributed by atoms with Gasteiger partial charge in [-0.1, -0.05) is 107 Å². The van der Waals surface area contributed by atoms with E-state index in [4.69, 9.17) is 4.42 Å². The molecule has 0 unspecified atom stereocenters. The van der Waals surface area contributed by atoms with E-state index in [2.05, 4.69) is 160 Å². The number of hydrogen-bond acceptors (Lipinski definition) is 1. The second-order valence-electron chi connectivity index (χ2n) is 13.4. The molecule has 0 radical (unpaired) electrons. The Labute approximate surface area is 257 Å². The average molecular weight is 568 g/mol. The van der Waals surface area contributed by atoms with Crippen molar-refractivity contribution in [1.82, 2.24) is 4.57 Å². The van der Waals surface area contributed by atoms with Gasteiger partial charge in [0.15, 0.2) is 0 Å². The molecule has 2 heteroatoms. The summed E-state index contributed by atoms with van der Waals surface area (Å²) < 4.78 is 8.87. The van der Waals surface area contributed by atoms with Gasteiger partial charge in [-0.25, -0.2) is 0 Å². The first-order chi connectivity index (χ1) is 21.3. The summed E-state index contributed by atoms with van der Waals surface area (Å²) in [6.45, 7) is 9.49. The Hall–Kier alpha value is -5.08. The molecule has 0 saturated heterocycles. The standard InChI is InChI=1S/C42H33NO/c1-41(2)35-14-8-5-11-29(35)32-24-34-33-23-27(19-22-39(33)44-40(34)25-36(32)42(41,3)4)26-17-20-28(21-18-26)43-37-15-9-6-12-30(37)31-13-7-10-16-38(31)43/h5-25H,1-4H3. The Morgan fingerprint density at radius 2 is 1.05 bits per heavy atom. The summed E-state index contributed by atoms with van der Waals surface area (Å²) >= 11 is 0. The van der Waals surface area contributed by atoms with E-state index in [-0.39, 0.29) is 10.8 Å². The van der Waals surface area contributed by atoms with Crippen molar-refractivity contribution in [1.29, 1.82) is 0 Å². The van der Waals surface area contributed by atoms with Gasteiger partial charge < -0.3 is 8.98 Å². The van der Waals surface area contributed by atoms with Crippen molar-refractivity contribution in [3.63, 3.8) is 0 Å². The molecule has 0 saturated carbocycles. The van der Waals surface area contributed by atoms with Crippen LogP contribution in [0, 0.1) is 0 Å². The molecule has 0 atom stereocenters. The van der Waals surface area contributed by atoms with Gasteiger partial charge in [0, 0.05) is 27.2 Å². The second kappa shape index (κ2) is 8.74. The Balaban J connectivity index is 1.18. The van der Waals surface area contributed by atoms with E-state index in [1.54, 1.807) is 0 Å². The highest BCUT2D eigenvalue weighted by Gasteiger charge is 2.46. The molecular weight excluding hydrogens is 534 g/mol. The van der Waals surface area contributed by atoms with E-state index in [1.165, 1.54) is 60.6 Å². The molecule has 2 aromatic heterocycles. The van der Waals surface area contributed by atoms with Crippen molar-refractivity contribution in [2.45, 2.75) is 38.5 Å². The summed E-state index contributed by atoms with van der Waals surface area (Å²) in [5.74, 6) is 0. The lowest BCUT2D eigenvalue weighted by molar-refractivity contribution is 0.299. The summed E-state index contributed by atoms with van der Waals surface area (Å²) in [5, 5.41) is 4.89. The number of rotatable bonds is 2. The first-order valence-electron chi connectivity index (χ1n) is 15.5. The highest BCUT2D eigenvalue weighted by molar-refractivity contribution is 6.10. The third-order valence-corrected chi connectivity index (χ3v) is 10.8. The lowest BCUT2D eigenvalue weighted by atomic mass is 9.55. The summed E-state index contributed by atoms with van der Waals surface area (Å²) in [6.07, 6.45) is 0. The van der Waals surface area contributed by atoms with E-state index in [0.717, 1.165) is 22.2 Å². The summed E-state index contributed by atoms with van der Waals surface area (Å²) in [7, 11) is 0. The van der Waals surface area contributed by atoms with Gasteiger partial charge in [-0.15, -0.1) is 0 Å². The molecular formula is C42H33NO. The van der Waals surface area contributed by atoms with Gasteiger partial charge >= 0.3 is 0 Å². The Morgan fingerprint density at radius 1 is 0.455 bits per heavy atom. The van der Waals surface area contributed by atoms with Crippen LogP contribution in [0.15, 0.2) is 132 Å². The fraction of sp³-hybridized carbons (Fsp3) is 0.143. The maximum absolute atomic E-state index is 6.51. The fourth-order valence-corrected chi connectivity index (χ4v) is 7.68. The van der Waals surface area contributed by atoms with E-state index in [9.17, 15) is 0 Å². The fourth-order valence-electron chi connectivity index (χ4n) is 7.68. The van der Waals surface area contributed by atoms with Gasteiger partial charge in [0.05, 0.1) is 11.0 Å². The molecule has 0 spiro atoms. The van der Waals surface area contributed by atoms with Crippen LogP contribution < -0.4 is 0 Å². The molecule has 8 aromatic rings. The normalized spacial score (nSPS) is 15.2.